The molecule has 2 rings (SSSR count). The lowest BCUT2D eigenvalue weighted by Crippen LogP contribution is -2.09. The maximum absolute atomic E-state index is 10.9. The number of nitrogens with zero attached hydrogens (tertiary/aromatic N) is 3. The van der Waals surface area contributed by atoms with Crippen LogP contribution in [-0.2, 0) is 0 Å². The molecule has 6 heteroatoms. The third-order valence-electron chi connectivity index (χ3n) is 2.54. The van der Waals surface area contributed by atoms with Gasteiger partial charge >= 0.3 is 0 Å². The van der Waals surface area contributed by atoms with E-state index < -0.39 is 0 Å². The van der Waals surface area contributed by atoms with E-state index in [-0.39, 0.29) is 16.7 Å². The molecule has 0 spiro atoms. The normalized spacial score (nSPS) is 11.8. The van der Waals surface area contributed by atoms with Gasteiger partial charge in [-0.1, -0.05) is 18.2 Å². The minimum Gasteiger partial charge on any atom is -0.376 e. The van der Waals surface area contributed by atoms with Gasteiger partial charge in [-0.2, -0.15) is 0 Å². The molecule has 0 fully saturated rings. The standard InChI is InChI=1S/C12H12N4O2/c1-9(15-10-6-13-8-14-7-10)11-4-2-3-5-12(11)16(17)18/h2-9,15H,1H3. The van der Waals surface area contributed by atoms with Gasteiger partial charge in [0.1, 0.15) is 6.33 Å². The number of para-hydroxylation sites is 1. The zero-order chi connectivity index (χ0) is 13.0. The fraction of sp³-hybridized carbons (Fsp3) is 0.167. The molecule has 0 aliphatic heterocycles. The molecular weight excluding hydrogens is 232 g/mol. The number of anilines is 1. The summed E-state index contributed by atoms with van der Waals surface area (Å²) in [7, 11) is 0. The molecule has 6 nitrogen and oxygen atoms in total. The van der Waals surface area contributed by atoms with E-state index in [4.69, 9.17) is 0 Å². The summed E-state index contributed by atoms with van der Waals surface area (Å²) in [6, 6.07) is 6.47. The van der Waals surface area contributed by atoms with E-state index in [1.165, 1.54) is 12.4 Å². The Morgan fingerprint density at radius 3 is 2.61 bits per heavy atom. The molecule has 1 N–H and O–H groups in total. The monoisotopic (exact) mass is 244 g/mol. The van der Waals surface area contributed by atoms with Gasteiger partial charge in [0.15, 0.2) is 0 Å². The second-order valence-corrected chi connectivity index (χ2v) is 3.81. The van der Waals surface area contributed by atoms with Crippen molar-refractivity contribution in [3.05, 3.63) is 58.7 Å². The van der Waals surface area contributed by atoms with Gasteiger partial charge in [0.05, 0.1) is 34.6 Å². The smallest absolute Gasteiger partial charge is 0.274 e. The van der Waals surface area contributed by atoms with E-state index in [0.29, 0.717) is 5.56 Å². The van der Waals surface area contributed by atoms with Crippen LogP contribution in [0.2, 0.25) is 0 Å². The molecular formula is C12H12N4O2. The van der Waals surface area contributed by atoms with E-state index in [2.05, 4.69) is 15.3 Å². The fourth-order valence-corrected chi connectivity index (χ4v) is 1.72. The molecule has 1 aromatic carbocycles. The molecule has 0 saturated carbocycles. The number of nitro benzene ring substituents is 1. The molecule has 0 aliphatic rings. The maximum atomic E-state index is 10.9. The van der Waals surface area contributed by atoms with Crippen molar-refractivity contribution in [1.82, 2.24) is 9.97 Å². The Morgan fingerprint density at radius 1 is 1.28 bits per heavy atom. The summed E-state index contributed by atoms with van der Waals surface area (Å²) < 4.78 is 0. The third-order valence-corrected chi connectivity index (χ3v) is 2.54. The van der Waals surface area contributed by atoms with Crippen LogP contribution in [0.5, 0.6) is 0 Å². The lowest BCUT2D eigenvalue weighted by atomic mass is 10.1. The highest BCUT2D eigenvalue weighted by Gasteiger charge is 2.17. The van der Waals surface area contributed by atoms with E-state index in [1.807, 2.05) is 6.92 Å². The Bertz CT molecular complexity index is 545. The predicted molar refractivity (Wildman–Crippen MR) is 67.2 cm³/mol. The van der Waals surface area contributed by atoms with Crippen LogP contribution in [0.1, 0.15) is 18.5 Å². The Kier molecular flexibility index (Phi) is 3.47. The first kappa shape index (κ1) is 12.0. The van der Waals surface area contributed by atoms with Gasteiger partial charge in [-0.25, -0.2) is 9.97 Å². The molecule has 1 aromatic heterocycles. The largest absolute Gasteiger partial charge is 0.376 e. The molecule has 18 heavy (non-hydrogen) atoms. The summed E-state index contributed by atoms with van der Waals surface area (Å²) in [5, 5.41) is 14.1. The van der Waals surface area contributed by atoms with E-state index in [9.17, 15) is 10.1 Å². The van der Waals surface area contributed by atoms with Crippen LogP contribution in [0.15, 0.2) is 43.0 Å². The predicted octanol–water partition coefficient (Wildman–Crippen LogP) is 2.56. The zero-order valence-electron chi connectivity index (χ0n) is 9.78. The second kappa shape index (κ2) is 5.22. The summed E-state index contributed by atoms with van der Waals surface area (Å²) in [6.07, 6.45) is 4.68. The van der Waals surface area contributed by atoms with Gasteiger partial charge < -0.3 is 5.32 Å². The van der Waals surface area contributed by atoms with Crippen LogP contribution in [0.3, 0.4) is 0 Å². The van der Waals surface area contributed by atoms with Crippen LogP contribution < -0.4 is 5.32 Å². The van der Waals surface area contributed by atoms with Gasteiger partial charge in [0.2, 0.25) is 0 Å². The number of hydrogen-bond acceptors (Lipinski definition) is 5. The second-order valence-electron chi connectivity index (χ2n) is 3.81. The topological polar surface area (TPSA) is 81.0 Å². The van der Waals surface area contributed by atoms with Gasteiger partial charge in [0, 0.05) is 6.07 Å². The highest BCUT2D eigenvalue weighted by Crippen LogP contribution is 2.26. The Hall–Kier alpha value is -2.50. The van der Waals surface area contributed by atoms with Gasteiger partial charge in [-0.15, -0.1) is 0 Å². The zero-order valence-corrected chi connectivity index (χ0v) is 9.78. The first-order chi connectivity index (χ1) is 8.68. The number of nitro groups is 1. The number of nitrogens with one attached hydrogen (secondary N) is 1. The molecule has 1 heterocycles. The Balaban J connectivity index is 2.24. The number of aromatic nitrogens is 2. The maximum Gasteiger partial charge on any atom is 0.274 e. The molecule has 92 valence electrons. The van der Waals surface area contributed by atoms with Gasteiger partial charge in [-0.3, -0.25) is 10.1 Å². The van der Waals surface area contributed by atoms with Crippen LogP contribution in [0.25, 0.3) is 0 Å². The SMILES string of the molecule is CC(Nc1cncnc1)c1ccccc1[N+](=O)[O-]. The molecule has 0 bridgehead atoms. The highest BCUT2D eigenvalue weighted by atomic mass is 16.6. The molecule has 0 amide bonds. The van der Waals surface area contributed by atoms with Crippen LogP contribution in [0, 0.1) is 10.1 Å². The number of hydrogen-bond donors (Lipinski definition) is 1. The lowest BCUT2D eigenvalue weighted by Gasteiger charge is -2.14. The minimum absolute atomic E-state index is 0.106. The minimum atomic E-state index is -0.380. The summed E-state index contributed by atoms with van der Waals surface area (Å²) >= 11 is 0. The lowest BCUT2D eigenvalue weighted by molar-refractivity contribution is -0.385. The molecule has 0 saturated heterocycles. The molecule has 1 unspecified atom stereocenters. The summed E-state index contributed by atoms with van der Waals surface area (Å²) in [5.41, 5.74) is 1.46. The van der Waals surface area contributed by atoms with Crippen LogP contribution >= 0.6 is 0 Å². The van der Waals surface area contributed by atoms with Crippen molar-refractivity contribution >= 4 is 11.4 Å². The number of benzene rings is 1. The van der Waals surface area contributed by atoms with Crippen molar-refractivity contribution in [1.29, 1.82) is 0 Å². The van der Waals surface area contributed by atoms with E-state index >= 15 is 0 Å². The van der Waals surface area contributed by atoms with Crippen molar-refractivity contribution in [3.8, 4) is 0 Å². The molecule has 2 aromatic rings. The Labute approximate surface area is 104 Å². The molecule has 0 radical (unpaired) electrons. The average molecular weight is 244 g/mol. The Morgan fingerprint density at radius 2 is 1.94 bits per heavy atom. The van der Waals surface area contributed by atoms with Crippen molar-refractivity contribution in [3.63, 3.8) is 0 Å². The summed E-state index contributed by atoms with van der Waals surface area (Å²) in [6.45, 7) is 1.86. The molecule has 1 atom stereocenters. The quantitative estimate of drug-likeness (QED) is 0.660. The number of rotatable bonds is 4. The van der Waals surface area contributed by atoms with E-state index in [0.717, 1.165) is 5.69 Å². The fourth-order valence-electron chi connectivity index (χ4n) is 1.72. The summed E-state index contributed by atoms with van der Waals surface area (Å²) in [4.78, 5) is 18.3. The van der Waals surface area contributed by atoms with Crippen LogP contribution in [-0.4, -0.2) is 14.9 Å². The van der Waals surface area contributed by atoms with Crippen molar-refractivity contribution < 1.29 is 4.92 Å². The van der Waals surface area contributed by atoms with Crippen molar-refractivity contribution in [2.45, 2.75) is 13.0 Å². The third kappa shape index (κ3) is 2.60. The van der Waals surface area contributed by atoms with Gasteiger partial charge in [-0.05, 0) is 6.92 Å². The van der Waals surface area contributed by atoms with E-state index in [1.54, 1.807) is 30.6 Å². The van der Waals surface area contributed by atoms with Crippen molar-refractivity contribution in [2.24, 2.45) is 0 Å². The molecule has 0 aliphatic carbocycles. The van der Waals surface area contributed by atoms with Crippen molar-refractivity contribution in [2.75, 3.05) is 5.32 Å². The average Bonchev–Trinajstić information content (AvgIpc) is 2.40. The van der Waals surface area contributed by atoms with Gasteiger partial charge in [0.25, 0.3) is 5.69 Å². The first-order valence-electron chi connectivity index (χ1n) is 5.43. The summed E-state index contributed by atoms with van der Waals surface area (Å²) in [5.74, 6) is 0. The first-order valence-corrected chi connectivity index (χ1v) is 5.43. The highest BCUT2D eigenvalue weighted by molar-refractivity contribution is 5.47. The van der Waals surface area contributed by atoms with Crippen LogP contribution in [0.4, 0.5) is 11.4 Å².